The summed E-state index contributed by atoms with van der Waals surface area (Å²) in [7, 11) is 0. The quantitative estimate of drug-likeness (QED) is 0.0461. The van der Waals surface area contributed by atoms with Crippen LogP contribution in [-0.2, 0) is 36.0 Å². The van der Waals surface area contributed by atoms with Gasteiger partial charge in [0.2, 0.25) is 0 Å². The van der Waals surface area contributed by atoms with Crippen molar-refractivity contribution in [1.29, 1.82) is 0 Å². The zero-order chi connectivity index (χ0) is 25.5. The summed E-state index contributed by atoms with van der Waals surface area (Å²) in [6.07, 6.45) is 21.8. The summed E-state index contributed by atoms with van der Waals surface area (Å²) in [5.74, 6) is 1.58. The van der Waals surface area contributed by atoms with Crippen LogP contribution >= 0.6 is 0 Å². The zero-order valence-electron chi connectivity index (χ0n) is 25.4. The molecule has 2 radical (unpaired) electrons. The standard InChI is InChI=1S/2C15H31O2.Cu.Li/c2*1-4-6-7-8-12-16-14-17-13-9-11-15(3)10-5-2;;/h2*5,15H,4,6-14H2,1-3H3;;/q2*-1;+2;. The van der Waals surface area contributed by atoms with E-state index < -0.39 is 0 Å². The molecule has 218 valence electrons. The normalized spacial score (nSPS) is 12.2. The van der Waals surface area contributed by atoms with Crippen molar-refractivity contribution in [2.24, 2.45) is 11.8 Å². The van der Waals surface area contributed by atoms with E-state index in [1.165, 1.54) is 77.0 Å². The average molecular weight is 557 g/mol. The Hall–Kier alpha value is 0.957. The molecule has 0 aromatic carbocycles. The second-order valence-corrected chi connectivity index (χ2v) is 9.77. The van der Waals surface area contributed by atoms with Crippen LogP contribution in [0.4, 0.5) is 0 Å². The van der Waals surface area contributed by atoms with E-state index in [2.05, 4.69) is 54.4 Å². The van der Waals surface area contributed by atoms with E-state index in [0.29, 0.717) is 13.6 Å². The van der Waals surface area contributed by atoms with Gasteiger partial charge < -0.3 is 31.8 Å². The molecule has 0 saturated heterocycles. The van der Waals surface area contributed by atoms with Crippen LogP contribution < -0.4 is 0 Å². The Balaban J connectivity index is -0.000000269. The van der Waals surface area contributed by atoms with Crippen molar-refractivity contribution in [2.45, 2.75) is 131 Å². The van der Waals surface area contributed by atoms with Crippen LogP contribution in [0, 0.1) is 24.7 Å². The van der Waals surface area contributed by atoms with Gasteiger partial charge in [-0.15, -0.1) is 0 Å². The smallest absolute Gasteiger partial charge is 0.355 e. The number of ether oxygens (including phenoxy) is 4. The molecule has 0 aliphatic rings. The largest absolute Gasteiger partial charge is 2.00 e. The molecule has 6 heteroatoms. The van der Waals surface area contributed by atoms with E-state index in [-0.39, 0.29) is 35.9 Å². The third-order valence-electron chi connectivity index (χ3n) is 5.87. The van der Waals surface area contributed by atoms with Crippen molar-refractivity contribution in [3.63, 3.8) is 0 Å². The van der Waals surface area contributed by atoms with Crippen molar-refractivity contribution in [3.8, 4) is 0 Å². The summed E-state index contributed by atoms with van der Waals surface area (Å²) in [6, 6.07) is 0. The Bertz CT molecular complexity index is 319. The maximum atomic E-state index is 5.44. The summed E-state index contributed by atoms with van der Waals surface area (Å²) in [5, 5.41) is 0. The van der Waals surface area contributed by atoms with Crippen LogP contribution in [0.3, 0.4) is 0 Å². The fraction of sp³-hybridized carbons (Fsp3) is 0.933. The van der Waals surface area contributed by atoms with Crippen LogP contribution in [0.1, 0.15) is 131 Å². The summed E-state index contributed by atoms with van der Waals surface area (Å²) in [6.45, 7) is 17.6. The molecule has 0 aromatic rings. The first-order valence-electron chi connectivity index (χ1n) is 14.5. The Morgan fingerprint density at radius 2 is 0.861 bits per heavy atom. The predicted molar refractivity (Wildman–Crippen MR) is 154 cm³/mol. The molecule has 0 heterocycles. The Morgan fingerprint density at radius 3 is 1.17 bits per heavy atom. The monoisotopic (exact) mass is 556 g/mol. The van der Waals surface area contributed by atoms with E-state index in [0.717, 1.165) is 51.1 Å². The molecule has 0 fully saturated rings. The van der Waals surface area contributed by atoms with E-state index in [9.17, 15) is 0 Å². The first kappa shape index (κ1) is 44.0. The topological polar surface area (TPSA) is 36.9 Å². The number of hydrogen-bond donors (Lipinski definition) is 0. The molecule has 0 aliphatic carbocycles. The van der Waals surface area contributed by atoms with E-state index >= 15 is 0 Å². The van der Waals surface area contributed by atoms with Gasteiger partial charge in [-0.3, -0.25) is 0 Å². The fourth-order valence-electron chi connectivity index (χ4n) is 3.72. The third kappa shape index (κ3) is 42.1. The van der Waals surface area contributed by atoms with Gasteiger partial charge in [-0.2, -0.15) is 26.7 Å². The minimum Gasteiger partial charge on any atom is -0.355 e. The van der Waals surface area contributed by atoms with Crippen LogP contribution in [0.5, 0.6) is 0 Å². The molecule has 0 N–H and O–H groups in total. The molecule has 0 rings (SSSR count). The van der Waals surface area contributed by atoms with Gasteiger partial charge in [0.15, 0.2) is 0 Å². The van der Waals surface area contributed by atoms with Crippen molar-refractivity contribution < 1.29 is 36.0 Å². The SMILES string of the molecule is C[CH-]CC(C)CCCOCOCCCCCC.C[CH-]CC(C)CCCOCOCCCCCC.[Cu+2].[Li]. The van der Waals surface area contributed by atoms with Gasteiger partial charge in [0.25, 0.3) is 0 Å². The zero-order valence-corrected chi connectivity index (χ0v) is 26.3. The van der Waals surface area contributed by atoms with Crippen LogP contribution in [0.15, 0.2) is 0 Å². The minimum atomic E-state index is 0. The summed E-state index contributed by atoms with van der Waals surface area (Å²) >= 11 is 0. The van der Waals surface area contributed by atoms with Crippen molar-refractivity contribution >= 4 is 18.9 Å². The van der Waals surface area contributed by atoms with Crippen LogP contribution in [0.25, 0.3) is 0 Å². The first-order chi connectivity index (χ1) is 16.6. The van der Waals surface area contributed by atoms with Gasteiger partial charge in [-0.25, -0.2) is 0 Å². The fourth-order valence-corrected chi connectivity index (χ4v) is 3.72. The molecular formula is C30H62CuLiO4. The summed E-state index contributed by atoms with van der Waals surface area (Å²) < 4.78 is 21.7. The van der Waals surface area contributed by atoms with Gasteiger partial charge in [0, 0.05) is 45.3 Å². The third-order valence-corrected chi connectivity index (χ3v) is 5.87. The van der Waals surface area contributed by atoms with Crippen molar-refractivity contribution in [1.82, 2.24) is 0 Å². The molecule has 36 heavy (non-hydrogen) atoms. The molecule has 0 saturated carbocycles. The van der Waals surface area contributed by atoms with Crippen LogP contribution in [-0.4, -0.2) is 58.9 Å². The maximum absolute atomic E-state index is 5.44. The predicted octanol–water partition coefficient (Wildman–Crippen LogP) is 8.79. The van der Waals surface area contributed by atoms with Gasteiger partial charge >= 0.3 is 17.1 Å². The number of rotatable bonds is 26. The number of hydrogen-bond acceptors (Lipinski definition) is 4. The first-order valence-corrected chi connectivity index (χ1v) is 14.5. The van der Waals surface area contributed by atoms with Gasteiger partial charge in [0.1, 0.15) is 13.6 Å². The molecule has 0 spiro atoms. The Labute approximate surface area is 250 Å². The molecule has 2 atom stereocenters. The van der Waals surface area contributed by atoms with Crippen molar-refractivity contribution in [2.75, 3.05) is 40.0 Å². The second kappa shape index (κ2) is 40.5. The number of unbranched alkanes of at least 4 members (excludes halogenated alkanes) is 6. The molecule has 0 amide bonds. The van der Waals surface area contributed by atoms with Gasteiger partial charge in [-0.05, 0) is 25.7 Å². The van der Waals surface area contributed by atoms with Crippen LogP contribution in [0.2, 0.25) is 0 Å². The molecule has 0 bridgehead atoms. The second-order valence-electron chi connectivity index (χ2n) is 9.77. The Kier molecular flexibility index (Phi) is 49.4. The Morgan fingerprint density at radius 1 is 0.528 bits per heavy atom. The van der Waals surface area contributed by atoms with Crippen molar-refractivity contribution in [3.05, 3.63) is 12.8 Å². The summed E-state index contributed by atoms with van der Waals surface area (Å²) in [4.78, 5) is 0. The summed E-state index contributed by atoms with van der Waals surface area (Å²) in [5.41, 5.74) is 0. The van der Waals surface area contributed by atoms with Gasteiger partial charge in [-0.1, -0.05) is 90.9 Å². The molecular weight excluding hydrogens is 495 g/mol. The van der Waals surface area contributed by atoms with E-state index in [1.54, 1.807) is 0 Å². The van der Waals surface area contributed by atoms with E-state index in [4.69, 9.17) is 18.9 Å². The molecule has 4 nitrogen and oxygen atoms in total. The minimum absolute atomic E-state index is 0. The molecule has 0 aliphatic heterocycles. The van der Waals surface area contributed by atoms with E-state index in [1.807, 2.05) is 0 Å². The molecule has 2 unspecified atom stereocenters. The molecule has 0 aromatic heterocycles. The van der Waals surface area contributed by atoms with Gasteiger partial charge in [0.05, 0.1) is 0 Å². The maximum Gasteiger partial charge on any atom is 2.00 e. The average Bonchev–Trinajstić information content (AvgIpc) is 2.82.